The average molecular weight is 344 g/mol. The van der Waals surface area contributed by atoms with Crippen LogP contribution in [-0.4, -0.2) is 19.5 Å². The number of phenols is 1. The highest BCUT2D eigenvalue weighted by atomic mass is 16.3. The number of hydrogen-bond donors (Lipinski definition) is 2. The van der Waals surface area contributed by atoms with Gasteiger partial charge in [-0.3, -0.25) is 4.40 Å². The number of phenolic OH excluding ortho intramolecular Hbond substituents is 1. The smallest absolute Gasteiger partial charge is 0.236 e. The molecule has 0 aliphatic rings. The van der Waals surface area contributed by atoms with E-state index in [0.717, 1.165) is 34.2 Å². The summed E-state index contributed by atoms with van der Waals surface area (Å²) < 4.78 is 2.02. The van der Waals surface area contributed by atoms with Crippen LogP contribution in [0.3, 0.4) is 0 Å². The van der Waals surface area contributed by atoms with Crippen molar-refractivity contribution in [3.05, 3.63) is 71.5 Å². The van der Waals surface area contributed by atoms with Crippen molar-refractivity contribution < 1.29 is 5.11 Å². The lowest BCUT2D eigenvalue weighted by Crippen LogP contribution is -2.01. The van der Waals surface area contributed by atoms with E-state index in [1.807, 2.05) is 48.6 Å². The van der Waals surface area contributed by atoms with E-state index in [2.05, 4.69) is 29.4 Å². The van der Waals surface area contributed by atoms with Crippen LogP contribution in [0.4, 0.5) is 11.5 Å². The molecule has 4 aromatic rings. The van der Waals surface area contributed by atoms with Crippen LogP contribution in [0.5, 0.6) is 5.75 Å². The monoisotopic (exact) mass is 344 g/mol. The van der Waals surface area contributed by atoms with Crippen LogP contribution in [0.2, 0.25) is 0 Å². The van der Waals surface area contributed by atoms with Gasteiger partial charge in [-0.05, 0) is 63.2 Å². The lowest BCUT2D eigenvalue weighted by Gasteiger charge is -2.11. The molecule has 4 rings (SSSR count). The van der Waals surface area contributed by atoms with Crippen LogP contribution in [0.15, 0.2) is 54.6 Å². The third-order valence-corrected chi connectivity index (χ3v) is 4.36. The van der Waals surface area contributed by atoms with E-state index in [-0.39, 0.29) is 5.75 Å². The van der Waals surface area contributed by atoms with E-state index >= 15 is 0 Å². The Morgan fingerprint density at radius 3 is 2.27 bits per heavy atom. The molecule has 2 aromatic carbocycles. The lowest BCUT2D eigenvalue weighted by atomic mass is 10.1. The van der Waals surface area contributed by atoms with Crippen molar-refractivity contribution in [1.29, 1.82) is 0 Å². The van der Waals surface area contributed by atoms with E-state index in [9.17, 15) is 5.11 Å². The molecule has 0 unspecified atom stereocenters. The number of anilines is 2. The summed E-state index contributed by atoms with van der Waals surface area (Å²) in [4.78, 5) is 9.33. The second-order valence-corrected chi connectivity index (χ2v) is 6.52. The quantitative estimate of drug-likeness (QED) is 0.562. The van der Waals surface area contributed by atoms with Crippen LogP contribution in [0, 0.1) is 20.8 Å². The predicted octanol–water partition coefficient (Wildman–Crippen LogP) is 4.77. The Labute approximate surface area is 152 Å². The number of nitrogens with zero attached hydrogens (tertiary/aromatic N) is 3. The molecule has 0 radical (unpaired) electrons. The molecule has 0 aliphatic carbocycles. The number of aryl methyl sites for hydroxylation is 3. The van der Waals surface area contributed by atoms with Crippen molar-refractivity contribution in [2.75, 3.05) is 5.32 Å². The minimum absolute atomic E-state index is 0.232. The summed E-state index contributed by atoms with van der Waals surface area (Å²) in [7, 11) is 0. The van der Waals surface area contributed by atoms with E-state index in [1.165, 1.54) is 5.56 Å². The third kappa shape index (κ3) is 2.88. The zero-order chi connectivity index (χ0) is 18.3. The number of hydrogen-bond acceptors (Lipinski definition) is 4. The van der Waals surface area contributed by atoms with Crippen molar-refractivity contribution in [2.45, 2.75) is 20.8 Å². The van der Waals surface area contributed by atoms with Gasteiger partial charge in [0.2, 0.25) is 5.78 Å². The Bertz CT molecular complexity index is 1080. The highest BCUT2D eigenvalue weighted by molar-refractivity contribution is 5.79. The molecule has 2 N–H and O–H groups in total. The second kappa shape index (κ2) is 6.19. The van der Waals surface area contributed by atoms with Gasteiger partial charge in [0.05, 0.1) is 0 Å². The molecule has 130 valence electrons. The van der Waals surface area contributed by atoms with E-state index in [0.29, 0.717) is 5.78 Å². The second-order valence-electron chi connectivity index (χ2n) is 6.52. The molecular weight excluding hydrogens is 324 g/mol. The Hall–Kier alpha value is -3.34. The van der Waals surface area contributed by atoms with Gasteiger partial charge in [0.15, 0.2) is 0 Å². The first-order valence-corrected chi connectivity index (χ1v) is 8.51. The maximum absolute atomic E-state index is 9.60. The summed E-state index contributed by atoms with van der Waals surface area (Å²) >= 11 is 0. The SMILES string of the molecule is Cc1ccc(Nc2c(-c3ccc(O)cc3)nc3nc(C)cc(C)n23)cc1. The summed E-state index contributed by atoms with van der Waals surface area (Å²) in [6, 6.07) is 17.3. The minimum atomic E-state index is 0.232. The van der Waals surface area contributed by atoms with Crippen molar-refractivity contribution in [3.8, 4) is 17.0 Å². The summed E-state index contributed by atoms with van der Waals surface area (Å²) in [6.45, 7) is 6.08. The maximum Gasteiger partial charge on any atom is 0.236 e. The van der Waals surface area contributed by atoms with Gasteiger partial charge < -0.3 is 10.4 Å². The molecule has 0 atom stereocenters. The van der Waals surface area contributed by atoms with Gasteiger partial charge in [0.25, 0.3) is 0 Å². The molecule has 0 aliphatic heterocycles. The van der Waals surface area contributed by atoms with E-state index < -0.39 is 0 Å². The third-order valence-electron chi connectivity index (χ3n) is 4.36. The zero-order valence-corrected chi connectivity index (χ0v) is 15.0. The van der Waals surface area contributed by atoms with E-state index in [1.54, 1.807) is 12.1 Å². The molecule has 0 fully saturated rings. The Morgan fingerprint density at radius 2 is 1.58 bits per heavy atom. The fourth-order valence-electron chi connectivity index (χ4n) is 3.08. The maximum atomic E-state index is 9.60. The van der Waals surface area contributed by atoms with Crippen molar-refractivity contribution in [1.82, 2.24) is 14.4 Å². The van der Waals surface area contributed by atoms with Crippen LogP contribution < -0.4 is 5.32 Å². The number of benzene rings is 2. The topological polar surface area (TPSA) is 62.5 Å². The van der Waals surface area contributed by atoms with Crippen molar-refractivity contribution in [2.24, 2.45) is 0 Å². The normalized spacial score (nSPS) is 11.0. The van der Waals surface area contributed by atoms with Crippen molar-refractivity contribution in [3.63, 3.8) is 0 Å². The summed E-state index contributed by atoms with van der Waals surface area (Å²) in [5.41, 5.74) is 5.89. The van der Waals surface area contributed by atoms with Gasteiger partial charge in [-0.2, -0.15) is 0 Å². The fourth-order valence-corrected chi connectivity index (χ4v) is 3.08. The Balaban J connectivity index is 1.93. The molecule has 5 heteroatoms. The molecule has 0 saturated carbocycles. The molecule has 0 spiro atoms. The number of aromatic hydroxyl groups is 1. The summed E-state index contributed by atoms with van der Waals surface area (Å²) in [5, 5.41) is 13.1. The van der Waals surface area contributed by atoms with Crippen LogP contribution >= 0.6 is 0 Å². The number of aromatic nitrogens is 3. The molecule has 0 saturated heterocycles. The van der Waals surface area contributed by atoms with Gasteiger partial charge in [-0.25, -0.2) is 9.97 Å². The number of fused-ring (bicyclic) bond motifs is 1. The minimum Gasteiger partial charge on any atom is -0.508 e. The number of nitrogens with one attached hydrogen (secondary N) is 1. The number of rotatable bonds is 3. The van der Waals surface area contributed by atoms with E-state index in [4.69, 9.17) is 4.98 Å². The van der Waals surface area contributed by atoms with Gasteiger partial charge >= 0.3 is 0 Å². The average Bonchev–Trinajstić information content (AvgIpc) is 2.96. The first kappa shape index (κ1) is 16.1. The fraction of sp³-hybridized carbons (Fsp3) is 0.143. The van der Waals surface area contributed by atoms with Crippen molar-refractivity contribution >= 4 is 17.3 Å². The summed E-state index contributed by atoms with van der Waals surface area (Å²) in [6.07, 6.45) is 0. The molecule has 2 heterocycles. The molecule has 2 aromatic heterocycles. The largest absolute Gasteiger partial charge is 0.508 e. The predicted molar refractivity (Wildman–Crippen MR) is 104 cm³/mol. The first-order valence-electron chi connectivity index (χ1n) is 8.51. The van der Waals surface area contributed by atoms with Gasteiger partial charge in [0.1, 0.15) is 17.3 Å². The summed E-state index contributed by atoms with van der Waals surface area (Å²) in [5.74, 6) is 1.75. The Morgan fingerprint density at radius 1 is 0.885 bits per heavy atom. The molecule has 0 amide bonds. The molecular formula is C21H20N4O. The van der Waals surface area contributed by atoms with Gasteiger partial charge in [-0.15, -0.1) is 0 Å². The Kier molecular flexibility index (Phi) is 3.84. The molecule has 26 heavy (non-hydrogen) atoms. The first-order chi connectivity index (χ1) is 12.5. The number of imidazole rings is 1. The molecule has 0 bridgehead atoms. The van der Waals surface area contributed by atoms with Gasteiger partial charge in [0, 0.05) is 22.6 Å². The van der Waals surface area contributed by atoms with Gasteiger partial charge in [-0.1, -0.05) is 17.7 Å². The van der Waals surface area contributed by atoms with Crippen LogP contribution in [0.25, 0.3) is 17.0 Å². The lowest BCUT2D eigenvalue weighted by molar-refractivity contribution is 0.475. The highest BCUT2D eigenvalue weighted by Crippen LogP contribution is 2.32. The van der Waals surface area contributed by atoms with Crippen LogP contribution in [-0.2, 0) is 0 Å². The molecule has 5 nitrogen and oxygen atoms in total. The van der Waals surface area contributed by atoms with Crippen LogP contribution in [0.1, 0.15) is 17.0 Å². The highest BCUT2D eigenvalue weighted by Gasteiger charge is 2.17. The standard InChI is InChI=1S/C21H20N4O/c1-13-4-8-17(9-5-13)23-20-19(16-6-10-18(26)11-7-16)24-21-22-14(2)12-15(3)25(20)21/h4-12,23,26H,1-3H3. The zero-order valence-electron chi connectivity index (χ0n) is 15.0.